The Bertz CT molecular complexity index is 475. The van der Waals surface area contributed by atoms with E-state index < -0.39 is 11.9 Å². The van der Waals surface area contributed by atoms with Crippen LogP contribution >= 0.6 is 22.9 Å². The van der Waals surface area contributed by atoms with Gasteiger partial charge in [-0.2, -0.15) is 0 Å². The smallest absolute Gasteiger partial charge is 0.145 e. The fourth-order valence-corrected chi connectivity index (χ4v) is 2.22. The Labute approximate surface area is 101 Å². The second kappa shape index (κ2) is 4.91. The molecule has 1 aromatic heterocycles. The largest absolute Gasteiger partial charge is 0.386 e. The molecule has 1 atom stereocenters. The van der Waals surface area contributed by atoms with E-state index in [0.717, 1.165) is 0 Å². The van der Waals surface area contributed by atoms with Gasteiger partial charge in [-0.3, -0.25) is 0 Å². The molecule has 0 spiro atoms. The molecule has 1 N–H and O–H groups in total. The summed E-state index contributed by atoms with van der Waals surface area (Å²) >= 11 is 7.00. The number of benzene rings is 1. The van der Waals surface area contributed by atoms with Crippen molar-refractivity contribution in [1.29, 1.82) is 0 Å². The average molecular weight is 258 g/mol. The molecule has 0 fully saturated rings. The average Bonchev–Trinajstić information content (AvgIpc) is 2.78. The van der Waals surface area contributed by atoms with Gasteiger partial charge in [0.2, 0.25) is 0 Å². The molecule has 16 heavy (non-hydrogen) atoms. The molecule has 5 heteroatoms. The molecule has 1 unspecified atom stereocenters. The minimum atomic E-state index is -0.784. The Morgan fingerprint density at radius 3 is 3.00 bits per heavy atom. The molecule has 0 aliphatic heterocycles. The van der Waals surface area contributed by atoms with Gasteiger partial charge in [0, 0.05) is 18.0 Å². The Morgan fingerprint density at radius 1 is 1.50 bits per heavy atom. The number of rotatable bonds is 3. The minimum Gasteiger partial charge on any atom is -0.386 e. The fraction of sp³-hybridized carbons (Fsp3) is 0.182. The fourth-order valence-electron chi connectivity index (χ4n) is 1.40. The van der Waals surface area contributed by atoms with Crippen LogP contribution in [0.2, 0.25) is 5.02 Å². The Balaban J connectivity index is 2.18. The molecule has 2 rings (SSSR count). The number of hydrogen-bond acceptors (Lipinski definition) is 3. The highest BCUT2D eigenvalue weighted by molar-refractivity contribution is 7.09. The summed E-state index contributed by atoms with van der Waals surface area (Å²) in [5, 5.41) is 12.2. The predicted octanol–water partition coefficient (Wildman–Crippen LogP) is 3.21. The second-order valence-corrected chi connectivity index (χ2v) is 4.64. The highest BCUT2D eigenvalue weighted by atomic mass is 35.5. The summed E-state index contributed by atoms with van der Waals surface area (Å²) in [6.07, 6.45) is 1.00. The van der Waals surface area contributed by atoms with Crippen molar-refractivity contribution in [2.24, 2.45) is 0 Å². The van der Waals surface area contributed by atoms with Gasteiger partial charge in [0.05, 0.1) is 5.02 Å². The molecule has 0 amide bonds. The summed E-state index contributed by atoms with van der Waals surface area (Å²) in [6, 6.07) is 4.75. The molecule has 2 aromatic rings. The van der Waals surface area contributed by atoms with Gasteiger partial charge in [-0.15, -0.1) is 11.3 Å². The SMILES string of the molecule is OC(Cc1cccc(Cl)c1F)c1nccs1. The van der Waals surface area contributed by atoms with Crippen LogP contribution in [0.15, 0.2) is 29.8 Å². The number of hydrogen-bond donors (Lipinski definition) is 1. The van der Waals surface area contributed by atoms with Crippen LogP contribution in [0.3, 0.4) is 0 Å². The number of halogens is 2. The van der Waals surface area contributed by atoms with Crippen molar-refractivity contribution in [2.75, 3.05) is 0 Å². The topological polar surface area (TPSA) is 33.1 Å². The lowest BCUT2D eigenvalue weighted by molar-refractivity contribution is 0.176. The number of thiazole rings is 1. The third-order valence-corrected chi connectivity index (χ3v) is 3.35. The molecule has 0 radical (unpaired) electrons. The Morgan fingerprint density at radius 2 is 2.31 bits per heavy atom. The van der Waals surface area contributed by atoms with Crippen molar-refractivity contribution in [3.63, 3.8) is 0 Å². The first-order chi connectivity index (χ1) is 7.68. The first-order valence-electron chi connectivity index (χ1n) is 4.69. The van der Waals surface area contributed by atoms with Gasteiger partial charge in [0.25, 0.3) is 0 Å². The van der Waals surface area contributed by atoms with Crippen molar-refractivity contribution in [3.8, 4) is 0 Å². The number of aliphatic hydroxyl groups excluding tert-OH is 1. The van der Waals surface area contributed by atoms with E-state index in [1.165, 1.54) is 17.4 Å². The third kappa shape index (κ3) is 2.40. The van der Waals surface area contributed by atoms with Gasteiger partial charge >= 0.3 is 0 Å². The van der Waals surface area contributed by atoms with Crippen LogP contribution in [-0.2, 0) is 6.42 Å². The molecule has 2 nitrogen and oxygen atoms in total. The summed E-state index contributed by atoms with van der Waals surface area (Å²) < 4.78 is 13.5. The maximum absolute atomic E-state index is 13.5. The molecule has 0 bridgehead atoms. The molecular weight excluding hydrogens is 249 g/mol. The van der Waals surface area contributed by atoms with E-state index in [2.05, 4.69) is 4.98 Å². The van der Waals surface area contributed by atoms with E-state index in [1.807, 2.05) is 0 Å². The first kappa shape index (κ1) is 11.5. The number of aliphatic hydroxyl groups is 1. The normalized spacial score (nSPS) is 12.7. The van der Waals surface area contributed by atoms with Crippen LogP contribution in [0.4, 0.5) is 4.39 Å². The van der Waals surface area contributed by atoms with E-state index in [0.29, 0.717) is 10.6 Å². The van der Waals surface area contributed by atoms with Gasteiger partial charge in [-0.05, 0) is 11.6 Å². The van der Waals surface area contributed by atoms with Crippen molar-refractivity contribution in [1.82, 2.24) is 4.98 Å². The summed E-state index contributed by atoms with van der Waals surface area (Å²) in [5.74, 6) is -0.472. The maximum Gasteiger partial charge on any atom is 0.145 e. The van der Waals surface area contributed by atoms with E-state index >= 15 is 0 Å². The zero-order valence-electron chi connectivity index (χ0n) is 8.23. The summed E-state index contributed by atoms with van der Waals surface area (Å²) in [6.45, 7) is 0. The summed E-state index contributed by atoms with van der Waals surface area (Å²) in [7, 11) is 0. The molecule has 0 aliphatic rings. The van der Waals surface area contributed by atoms with Crippen LogP contribution in [-0.4, -0.2) is 10.1 Å². The van der Waals surface area contributed by atoms with E-state index in [4.69, 9.17) is 11.6 Å². The standard InChI is InChI=1S/C11H9ClFNOS/c12-8-3-1-2-7(10(8)13)6-9(15)11-14-4-5-16-11/h1-5,9,15H,6H2. The van der Waals surface area contributed by atoms with Crippen LogP contribution in [0.25, 0.3) is 0 Å². The van der Waals surface area contributed by atoms with Crippen molar-refractivity contribution in [3.05, 3.63) is 51.2 Å². The monoisotopic (exact) mass is 257 g/mol. The lowest BCUT2D eigenvalue weighted by atomic mass is 10.1. The minimum absolute atomic E-state index is 0.0730. The van der Waals surface area contributed by atoms with Crippen LogP contribution in [0.1, 0.15) is 16.7 Å². The molecule has 0 aliphatic carbocycles. The van der Waals surface area contributed by atoms with Crippen molar-refractivity contribution >= 4 is 22.9 Å². The quantitative estimate of drug-likeness (QED) is 0.916. The second-order valence-electron chi connectivity index (χ2n) is 3.30. The van der Waals surface area contributed by atoms with Gasteiger partial charge in [0.1, 0.15) is 16.9 Å². The molecule has 84 valence electrons. The van der Waals surface area contributed by atoms with Crippen LogP contribution in [0.5, 0.6) is 0 Å². The Kier molecular flexibility index (Phi) is 3.53. The van der Waals surface area contributed by atoms with Crippen molar-refractivity contribution < 1.29 is 9.50 Å². The van der Waals surface area contributed by atoms with Gasteiger partial charge in [-0.25, -0.2) is 9.37 Å². The molecule has 0 saturated carbocycles. The Hall–Kier alpha value is -0.970. The van der Waals surface area contributed by atoms with E-state index in [1.54, 1.807) is 23.7 Å². The molecule has 0 saturated heterocycles. The highest BCUT2D eigenvalue weighted by Crippen LogP contribution is 2.24. The highest BCUT2D eigenvalue weighted by Gasteiger charge is 2.14. The zero-order valence-corrected chi connectivity index (χ0v) is 9.80. The third-order valence-electron chi connectivity index (χ3n) is 2.18. The van der Waals surface area contributed by atoms with Gasteiger partial charge < -0.3 is 5.11 Å². The van der Waals surface area contributed by atoms with E-state index in [9.17, 15) is 9.50 Å². The van der Waals surface area contributed by atoms with Crippen LogP contribution < -0.4 is 0 Å². The molecule has 1 heterocycles. The zero-order chi connectivity index (χ0) is 11.5. The van der Waals surface area contributed by atoms with Crippen molar-refractivity contribution in [2.45, 2.75) is 12.5 Å². The predicted molar refractivity (Wildman–Crippen MR) is 62.2 cm³/mol. The number of aromatic nitrogens is 1. The maximum atomic E-state index is 13.5. The van der Waals surface area contributed by atoms with Gasteiger partial charge in [0.15, 0.2) is 0 Å². The lowest BCUT2D eigenvalue weighted by Crippen LogP contribution is -2.03. The van der Waals surface area contributed by atoms with E-state index in [-0.39, 0.29) is 11.4 Å². The lowest BCUT2D eigenvalue weighted by Gasteiger charge is -2.08. The molecular formula is C11H9ClFNOS. The van der Waals surface area contributed by atoms with Crippen LogP contribution in [0, 0.1) is 5.82 Å². The van der Waals surface area contributed by atoms with Gasteiger partial charge in [-0.1, -0.05) is 23.7 Å². The summed E-state index contributed by atoms with van der Waals surface area (Å²) in [5.41, 5.74) is 0.398. The first-order valence-corrected chi connectivity index (χ1v) is 5.94. The molecule has 1 aromatic carbocycles. The summed E-state index contributed by atoms with van der Waals surface area (Å²) in [4.78, 5) is 3.98. The number of nitrogens with zero attached hydrogens (tertiary/aromatic N) is 1.